The van der Waals surface area contributed by atoms with Crippen LogP contribution in [-0.2, 0) is 90.0 Å². The van der Waals surface area contributed by atoms with Crippen LogP contribution in [0.5, 0.6) is 0 Å². The van der Waals surface area contributed by atoms with Crippen LogP contribution in [0.1, 0.15) is 138 Å². The number of hydrogen-bond acceptors (Lipinski definition) is 2. The first kappa shape index (κ1) is 114. The Kier molecular flexibility index (Phi) is 78.2. The third kappa shape index (κ3) is 38.4. The van der Waals surface area contributed by atoms with Crippen molar-refractivity contribution in [1.29, 1.82) is 0 Å². The zero-order valence-electron chi connectivity index (χ0n) is 57.4. The Balaban J connectivity index is -0.0000000692. The van der Waals surface area contributed by atoms with Crippen molar-refractivity contribution in [3.8, 4) is 0 Å². The zero-order chi connectivity index (χ0) is 55.5. The Labute approximate surface area is 627 Å². The van der Waals surface area contributed by atoms with Gasteiger partial charge in [-0.05, 0) is 118 Å². The summed E-state index contributed by atoms with van der Waals surface area (Å²) in [6.45, 7) is 48.0. The summed E-state index contributed by atoms with van der Waals surface area (Å²) >= 11 is 17.3. The number of carbonyl (C=O) groups is 2. The monoisotopic (exact) mass is 2270 g/mol. The van der Waals surface area contributed by atoms with Gasteiger partial charge in [0.25, 0.3) is 0 Å². The molecule has 0 spiro atoms. The Morgan fingerprint density at radius 3 is 0.381 bits per heavy atom. The van der Waals surface area contributed by atoms with E-state index in [1.165, 1.54) is 42.0 Å². The van der Waals surface area contributed by atoms with Gasteiger partial charge in [0.1, 0.15) is 0 Å². The summed E-state index contributed by atoms with van der Waals surface area (Å²) in [6.07, 6.45) is 29.4. The summed E-state index contributed by atoms with van der Waals surface area (Å²) in [5, 5.41) is 0. The number of carbonyl (C=O) groups excluding carboxylic acids is 2. The van der Waals surface area contributed by atoms with Crippen molar-refractivity contribution in [2.75, 3.05) is 0 Å². The van der Waals surface area contributed by atoms with E-state index in [1.54, 1.807) is 24.3 Å². The molecule has 0 bridgehead atoms. The predicted octanol–water partition coefficient (Wildman–Crippen LogP) is 15.9. The normalized spacial score (nSPS) is 33.1. The molecule has 0 aromatic heterocycles. The minimum absolute atomic E-state index is 0. The predicted molar refractivity (Wildman–Crippen MR) is 382 cm³/mol. The van der Waals surface area contributed by atoms with Crippen molar-refractivity contribution < 1.29 is 90.0 Å². The summed E-state index contributed by atoms with van der Waals surface area (Å²) in [5.41, 5.74) is 0. The molecule has 4 radical (unpaired) electrons. The molecule has 500 valence electrons. The fraction of sp³-hybridized carbons (Fsp3) is 0.556. The van der Waals surface area contributed by atoms with E-state index < -0.39 is 0 Å². The second-order valence-corrected chi connectivity index (χ2v) is 28.8. The van der Waals surface area contributed by atoms with Gasteiger partial charge in [0.2, 0.25) is 0 Å². The quantitative estimate of drug-likeness (QED) is 0.179. The SMILES string of the molecule is CC1C(C)C(C)C(C)C1C.CC1C(C)C(C)C(C)C1C.CC1C(C)C(C)C(C)C1C.CC1C(C)C(C)C(C)C1C.O=C1C=CC(=[Se])C=C1.O=C1C=CC(=[Se])C=C1.[CH3-].[CH3-].[CH3-].[CH3-].[CH3-].[CH3-].[CH3-].[CH3-].[Ir].[Ir].[Ir].[Ir].[Se]=C1C=CC(=[Se])C=C1.[Se]=C1C=CC=CC1=[Se]. The molecule has 8 rings (SSSR count). The average Bonchev–Trinajstić information content (AvgIpc) is 3.80. The minimum atomic E-state index is 0. The van der Waals surface area contributed by atoms with E-state index in [2.05, 4.69) is 232 Å². The number of allylic oxidation sites excluding steroid dienone is 16. The fourth-order valence-corrected chi connectivity index (χ4v) is 13.1. The van der Waals surface area contributed by atoms with Gasteiger partial charge in [-0.15, -0.1) is 0 Å². The summed E-state index contributed by atoms with van der Waals surface area (Å²) in [4.78, 5) is 20.8. The Hall–Kier alpha value is 2.19. The zero-order valence-corrected chi connectivity index (χ0v) is 77.2. The molecule has 4 fully saturated rings. The standard InChI is InChI=1S/4C10H20.2C6H4OSe.2C6H4Se2.8CH3.4Ir/c4*1-6-7(2)9(4)10(5)8(6)3;2*7-5-1-3-6(8)4-2-5;7-5-1-2-6(8)4-3-5;7-5-3-1-2-4-6(5)8;;;;;;;;;;;;/h4*6-10H,1-5H3;4*1-4H;8*1H3;;;;/q;;;;;;;;8*-1;;;;. The van der Waals surface area contributed by atoms with Gasteiger partial charge in [-0.3, -0.25) is 0 Å². The van der Waals surface area contributed by atoms with E-state index >= 15 is 0 Å². The van der Waals surface area contributed by atoms with Crippen LogP contribution in [-0.4, -0.2) is 132 Å². The van der Waals surface area contributed by atoms with E-state index in [0.717, 1.165) is 127 Å². The summed E-state index contributed by atoms with van der Waals surface area (Å²) in [6, 6.07) is 0. The van der Waals surface area contributed by atoms with E-state index in [0.29, 0.717) is 0 Å². The first-order valence-corrected chi connectivity index (χ1v) is 32.3. The van der Waals surface area contributed by atoms with Gasteiger partial charge in [0.05, 0.1) is 0 Å². The molecule has 0 aliphatic heterocycles. The van der Waals surface area contributed by atoms with E-state index in [-0.39, 0.29) is 151 Å². The van der Waals surface area contributed by atoms with Crippen LogP contribution in [0.25, 0.3) is 0 Å². The van der Waals surface area contributed by atoms with Gasteiger partial charge in [-0.1, -0.05) is 138 Å². The van der Waals surface area contributed by atoms with Gasteiger partial charge < -0.3 is 59.4 Å². The molecule has 8 aliphatic rings. The molecular weight excluding hydrogens is 2140 g/mol. The summed E-state index contributed by atoms with van der Waals surface area (Å²) < 4.78 is 6.75. The van der Waals surface area contributed by atoms with Crippen molar-refractivity contribution in [3.05, 3.63) is 157 Å². The second-order valence-electron chi connectivity index (χ2n) is 23.0. The topological polar surface area (TPSA) is 34.1 Å². The van der Waals surface area contributed by atoms with E-state index in [1.807, 2.05) is 48.6 Å². The summed E-state index contributed by atoms with van der Waals surface area (Å²) in [7, 11) is 0. The first-order valence-electron chi connectivity index (χ1n) is 27.1. The number of hydrogen-bond donors (Lipinski definition) is 0. The van der Waals surface area contributed by atoms with Gasteiger partial charge in [-0.25, -0.2) is 0 Å². The van der Waals surface area contributed by atoms with Crippen molar-refractivity contribution >= 4 is 132 Å². The average molecular weight is 2260 g/mol. The van der Waals surface area contributed by atoms with Gasteiger partial charge in [0.15, 0.2) is 0 Å². The molecule has 0 atom stereocenters. The van der Waals surface area contributed by atoms with Crippen molar-refractivity contribution in [2.45, 2.75) is 138 Å². The Bertz CT molecular complexity index is 1600. The molecule has 0 aromatic carbocycles. The van der Waals surface area contributed by atoms with E-state index in [4.69, 9.17) is 0 Å². The number of ketones is 2. The fourth-order valence-electron chi connectivity index (χ4n) is 11.3. The Morgan fingerprint density at radius 1 is 0.202 bits per heavy atom. The van der Waals surface area contributed by atoms with Crippen LogP contribution >= 0.6 is 0 Å². The van der Waals surface area contributed by atoms with Gasteiger partial charge >= 0.3 is 238 Å². The molecule has 4 saturated carbocycles. The van der Waals surface area contributed by atoms with Crippen LogP contribution in [0.15, 0.2) is 97.2 Å². The molecule has 0 unspecified atom stereocenters. The van der Waals surface area contributed by atoms with Crippen LogP contribution in [0, 0.1) is 178 Å². The van der Waals surface area contributed by atoms with Crippen LogP contribution in [0.2, 0.25) is 0 Å². The van der Waals surface area contributed by atoms with Crippen molar-refractivity contribution in [3.63, 3.8) is 0 Å². The second kappa shape index (κ2) is 57.8. The molecule has 0 amide bonds. The van der Waals surface area contributed by atoms with Gasteiger partial charge in [0, 0.05) is 80.4 Å². The molecule has 2 nitrogen and oxygen atoms in total. The first-order chi connectivity index (χ1) is 33.4. The van der Waals surface area contributed by atoms with E-state index in [9.17, 15) is 9.59 Å². The molecule has 0 saturated heterocycles. The molecule has 0 N–H and O–H groups in total. The molecule has 0 heterocycles. The Morgan fingerprint density at radius 2 is 0.298 bits per heavy atom. The van der Waals surface area contributed by atoms with Crippen LogP contribution in [0.4, 0.5) is 0 Å². The maximum absolute atomic E-state index is 10.4. The molecule has 0 aromatic rings. The van der Waals surface area contributed by atoms with Crippen LogP contribution in [0.3, 0.4) is 0 Å². The molecule has 84 heavy (non-hydrogen) atoms. The van der Waals surface area contributed by atoms with Crippen molar-refractivity contribution in [1.82, 2.24) is 0 Å². The number of rotatable bonds is 0. The van der Waals surface area contributed by atoms with Crippen LogP contribution < -0.4 is 0 Å². The summed E-state index contributed by atoms with van der Waals surface area (Å²) in [5.74, 6) is 18.8. The third-order valence-corrected chi connectivity index (χ3v) is 24.3. The molecular formula is C72H120Ir4O2Se6-8. The molecule has 8 aliphatic carbocycles. The third-order valence-electron chi connectivity index (χ3n) is 19.9. The molecule has 12 heteroatoms. The van der Waals surface area contributed by atoms with Gasteiger partial charge in [-0.2, -0.15) is 0 Å². The van der Waals surface area contributed by atoms with Crippen molar-refractivity contribution in [2.24, 2.45) is 118 Å². The maximum atomic E-state index is 10.4.